The van der Waals surface area contributed by atoms with Gasteiger partial charge in [0.1, 0.15) is 15.7 Å². The molecule has 0 saturated heterocycles. The van der Waals surface area contributed by atoms with E-state index in [4.69, 9.17) is 0 Å². The van der Waals surface area contributed by atoms with Crippen molar-refractivity contribution in [1.82, 2.24) is 9.97 Å². The van der Waals surface area contributed by atoms with Gasteiger partial charge in [0.2, 0.25) is 0 Å². The highest BCUT2D eigenvalue weighted by Crippen LogP contribution is 2.29. The Morgan fingerprint density at radius 1 is 1.00 bits per heavy atom. The lowest BCUT2D eigenvalue weighted by molar-refractivity contribution is 1.34. The summed E-state index contributed by atoms with van der Waals surface area (Å²) in [5.74, 6) is 0. The van der Waals surface area contributed by atoms with Gasteiger partial charge >= 0.3 is 0 Å². The second-order valence-electron chi connectivity index (χ2n) is 3.74. The van der Waals surface area contributed by atoms with Gasteiger partial charge in [0, 0.05) is 22.5 Å². The molecule has 84 valence electrons. The van der Waals surface area contributed by atoms with Crippen LogP contribution >= 0.6 is 22.7 Å². The van der Waals surface area contributed by atoms with Gasteiger partial charge in [0.25, 0.3) is 0 Å². The second-order valence-corrected chi connectivity index (χ2v) is 5.49. The third-order valence-electron chi connectivity index (χ3n) is 2.45. The molecular weight excluding hydrogens is 248 g/mol. The standard InChI is InChI=1S/C13H10N2S2/c1-9-2-4-10(5-3-9)12-15-11(8-17-12)13-14-6-7-16-13/h2-8H,1H3. The molecule has 1 aromatic carbocycles. The largest absolute Gasteiger partial charge is 0.243 e. The summed E-state index contributed by atoms with van der Waals surface area (Å²) in [5.41, 5.74) is 3.41. The van der Waals surface area contributed by atoms with Crippen molar-refractivity contribution < 1.29 is 0 Å². The van der Waals surface area contributed by atoms with Crippen molar-refractivity contribution in [2.75, 3.05) is 0 Å². The molecule has 0 N–H and O–H groups in total. The van der Waals surface area contributed by atoms with E-state index < -0.39 is 0 Å². The third kappa shape index (κ3) is 2.14. The van der Waals surface area contributed by atoms with Crippen LogP contribution in [-0.2, 0) is 0 Å². The van der Waals surface area contributed by atoms with Gasteiger partial charge in [-0.25, -0.2) is 9.97 Å². The molecule has 17 heavy (non-hydrogen) atoms. The maximum absolute atomic E-state index is 4.62. The van der Waals surface area contributed by atoms with Crippen molar-refractivity contribution in [3.8, 4) is 21.3 Å². The summed E-state index contributed by atoms with van der Waals surface area (Å²) in [6, 6.07) is 8.44. The number of rotatable bonds is 2. The van der Waals surface area contributed by atoms with Gasteiger partial charge < -0.3 is 0 Å². The smallest absolute Gasteiger partial charge is 0.142 e. The summed E-state index contributed by atoms with van der Waals surface area (Å²) < 4.78 is 0. The lowest BCUT2D eigenvalue weighted by atomic mass is 10.2. The fraction of sp³-hybridized carbons (Fsp3) is 0.0769. The highest BCUT2D eigenvalue weighted by atomic mass is 32.1. The lowest BCUT2D eigenvalue weighted by Gasteiger charge is -1.96. The fourth-order valence-corrected chi connectivity index (χ4v) is 3.03. The summed E-state index contributed by atoms with van der Waals surface area (Å²) in [5, 5.41) is 6.07. The molecule has 0 fully saturated rings. The van der Waals surface area contributed by atoms with E-state index >= 15 is 0 Å². The van der Waals surface area contributed by atoms with Crippen LogP contribution in [0.4, 0.5) is 0 Å². The van der Waals surface area contributed by atoms with E-state index in [1.807, 2.05) is 11.6 Å². The van der Waals surface area contributed by atoms with Gasteiger partial charge in [-0.3, -0.25) is 0 Å². The Bertz CT molecular complexity index is 609. The van der Waals surface area contributed by atoms with E-state index in [0.717, 1.165) is 15.7 Å². The molecule has 0 unspecified atom stereocenters. The van der Waals surface area contributed by atoms with Crippen LogP contribution in [0.2, 0.25) is 0 Å². The van der Waals surface area contributed by atoms with E-state index in [2.05, 4.69) is 46.5 Å². The average molecular weight is 258 g/mol. The molecule has 0 aliphatic rings. The molecule has 0 saturated carbocycles. The highest BCUT2D eigenvalue weighted by molar-refractivity contribution is 7.15. The first kappa shape index (κ1) is 10.6. The van der Waals surface area contributed by atoms with Crippen LogP contribution in [0.5, 0.6) is 0 Å². The van der Waals surface area contributed by atoms with Crippen molar-refractivity contribution in [2.24, 2.45) is 0 Å². The van der Waals surface area contributed by atoms with E-state index in [9.17, 15) is 0 Å². The van der Waals surface area contributed by atoms with Gasteiger partial charge in [0.05, 0.1) is 0 Å². The number of nitrogens with zero attached hydrogens (tertiary/aromatic N) is 2. The van der Waals surface area contributed by atoms with Crippen molar-refractivity contribution >= 4 is 22.7 Å². The van der Waals surface area contributed by atoms with E-state index in [-0.39, 0.29) is 0 Å². The minimum Gasteiger partial charge on any atom is -0.243 e. The van der Waals surface area contributed by atoms with Crippen LogP contribution in [0, 0.1) is 6.92 Å². The molecule has 0 radical (unpaired) electrons. The minimum absolute atomic E-state index is 0.973. The fourth-order valence-electron chi connectivity index (χ4n) is 1.55. The van der Waals surface area contributed by atoms with E-state index in [1.165, 1.54) is 11.1 Å². The van der Waals surface area contributed by atoms with Crippen molar-refractivity contribution in [1.29, 1.82) is 0 Å². The van der Waals surface area contributed by atoms with Crippen LogP contribution in [0.1, 0.15) is 5.56 Å². The average Bonchev–Trinajstić information content (AvgIpc) is 3.00. The summed E-state index contributed by atoms with van der Waals surface area (Å²) in [6.07, 6.45) is 1.81. The van der Waals surface area contributed by atoms with Gasteiger partial charge in [-0.05, 0) is 6.92 Å². The Balaban J connectivity index is 1.98. The zero-order chi connectivity index (χ0) is 11.7. The van der Waals surface area contributed by atoms with Gasteiger partial charge in [0.15, 0.2) is 0 Å². The topological polar surface area (TPSA) is 25.8 Å². The number of benzene rings is 1. The molecule has 0 aliphatic heterocycles. The zero-order valence-corrected chi connectivity index (χ0v) is 10.9. The Kier molecular flexibility index (Phi) is 2.74. The Morgan fingerprint density at radius 3 is 2.53 bits per heavy atom. The summed E-state index contributed by atoms with van der Waals surface area (Å²) in [6.45, 7) is 2.09. The van der Waals surface area contributed by atoms with E-state index in [1.54, 1.807) is 22.7 Å². The number of aryl methyl sites for hydroxylation is 1. The molecule has 3 aromatic rings. The van der Waals surface area contributed by atoms with Crippen LogP contribution < -0.4 is 0 Å². The predicted octanol–water partition coefficient (Wildman–Crippen LogP) is 4.24. The van der Waals surface area contributed by atoms with Crippen LogP contribution in [0.15, 0.2) is 41.2 Å². The molecule has 0 amide bonds. The van der Waals surface area contributed by atoms with E-state index in [0.29, 0.717) is 0 Å². The lowest BCUT2D eigenvalue weighted by Crippen LogP contribution is -1.79. The quantitative estimate of drug-likeness (QED) is 0.687. The number of hydrogen-bond acceptors (Lipinski definition) is 4. The van der Waals surface area contributed by atoms with Gasteiger partial charge in [-0.1, -0.05) is 29.8 Å². The first-order valence-corrected chi connectivity index (χ1v) is 7.01. The SMILES string of the molecule is Cc1ccc(-c2nc(-c3nccs3)cs2)cc1. The molecule has 0 aliphatic carbocycles. The number of thiazole rings is 2. The molecule has 0 bridgehead atoms. The first-order valence-electron chi connectivity index (χ1n) is 5.25. The second kappa shape index (κ2) is 4.39. The maximum atomic E-state index is 4.62. The molecule has 3 rings (SSSR count). The monoisotopic (exact) mass is 258 g/mol. The number of aromatic nitrogens is 2. The third-order valence-corrected chi connectivity index (χ3v) is 4.14. The van der Waals surface area contributed by atoms with Crippen molar-refractivity contribution in [3.05, 3.63) is 46.8 Å². The van der Waals surface area contributed by atoms with Crippen molar-refractivity contribution in [2.45, 2.75) is 6.92 Å². The Morgan fingerprint density at radius 2 is 1.82 bits per heavy atom. The molecule has 0 spiro atoms. The van der Waals surface area contributed by atoms with Gasteiger partial charge in [-0.2, -0.15) is 0 Å². The normalized spacial score (nSPS) is 10.6. The van der Waals surface area contributed by atoms with Crippen LogP contribution in [0.25, 0.3) is 21.3 Å². The molecular formula is C13H10N2S2. The van der Waals surface area contributed by atoms with Crippen LogP contribution in [0.3, 0.4) is 0 Å². The molecule has 2 nitrogen and oxygen atoms in total. The zero-order valence-electron chi connectivity index (χ0n) is 9.25. The summed E-state index contributed by atoms with van der Waals surface area (Å²) >= 11 is 3.28. The molecule has 2 heterocycles. The molecule has 4 heteroatoms. The predicted molar refractivity (Wildman–Crippen MR) is 73.4 cm³/mol. The first-order chi connectivity index (χ1) is 8.33. The van der Waals surface area contributed by atoms with Gasteiger partial charge in [-0.15, -0.1) is 22.7 Å². The molecule has 2 aromatic heterocycles. The molecule has 0 atom stereocenters. The minimum atomic E-state index is 0.973. The summed E-state index contributed by atoms with van der Waals surface area (Å²) in [7, 11) is 0. The van der Waals surface area contributed by atoms with Crippen molar-refractivity contribution in [3.63, 3.8) is 0 Å². The maximum Gasteiger partial charge on any atom is 0.142 e. The Hall–Kier alpha value is -1.52. The summed E-state index contributed by atoms with van der Waals surface area (Å²) in [4.78, 5) is 8.89. The highest BCUT2D eigenvalue weighted by Gasteiger charge is 2.07. The van der Waals surface area contributed by atoms with Crippen LogP contribution in [-0.4, -0.2) is 9.97 Å². The number of hydrogen-bond donors (Lipinski definition) is 0. The Labute approximate surface area is 108 Å².